The molecule has 0 amide bonds. The first-order valence-electron chi connectivity index (χ1n) is 8.96. The van der Waals surface area contributed by atoms with E-state index in [1.807, 2.05) is 23.6 Å². The van der Waals surface area contributed by atoms with Gasteiger partial charge in [-0.2, -0.15) is 0 Å². The number of nitrogens with zero attached hydrogens (tertiary/aromatic N) is 1. The molecule has 5 rings (SSSR count). The third kappa shape index (κ3) is 2.10. The Morgan fingerprint density at radius 1 is 1.27 bits per heavy atom. The molecule has 1 fully saturated rings. The van der Waals surface area contributed by atoms with Gasteiger partial charge in [-0.1, -0.05) is 6.92 Å². The van der Waals surface area contributed by atoms with Gasteiger partial charge in [-0.05, 0) is 50.1 Å². The number of aromatic nitrogens is 1. The van der Waals surface area contributed by atoms with Crippen molar-refractivity contribution in [1.29, 1.82) is 0 Å². The minimum Gasteiger partial charge on any atom is -0.377 e. The molecule has 2 aliphatic rings. The Bertz CT molecular complexity index is 1030. The first-order valence-corrected chi connectivity index (χ1v) is 9.84. The molecule has 2 aromatic heterocycles. The molecule has 5 heteroatoms. The van der Waals surface area contributed by atoms with Crippen molar-refractivity contribution >= 4 is 27.2 Å². The Hall–Kier alpha value is -1.98. The molecule has 1 aromatic carbocycles. The van der Waals surface area contributed by atoms with E-state index >= 15 is 4.39 Å². The van der Waals surface area contributed by atoms with Gasteiger partial charge in [-0.3, -0.25) is 4.98 Å². The monoisotopic (exact) mass is 368 g/mol. The van der Waals surface area contributed by atoms with Crippen LogP contribution in [-0.4, -0.2) is 23.2 Å². The maximum Gasteiger partial charge on any atom is 0.133 e. The smallest absolute Gasteiger partial charge is 0.133 e. The standard InChI is InChI=1S/C21H21FN2OS/c1-20(2)19-21(3,6-8-25-19)14-9-12(15(22)10-16(14)24-20)13-11-26-17-5-4-7-23-18(13)17/h4-5,7,9-11,19,24H,6,8H2,1-3H3. The van der Waals surface area contributed by atoms with Crippen molar-refractivity contribution in [3.63, 3.8) is 0 Å². The Morgan fingerprint density at radius 3 is 2.96 bits per heavy atom. The van der Waals surface area contributed by atoms with Gasteiger partial charge in [0.1, 0.15) is 5.82 Å². The van der Waals surface area contributed by atoms with Crippen LogP contribution in [0.2, 0.25) is 0 Å². The van der Waals surface area contributed by atoms with Crippen LogP contribution in [0, 0.1) is 5.82 Å². The van der Waals surface area contributed by atoms with Gasteiger partial charge < -0.3 is 10.1 Å². The normalized spacial score (nSPS) is 26.4. The summed E-state index contributed by atoms with van der Waals surface area (Å²) in [6.45, 7) is 7.25. The topological polar surface area (TPSA) is 34.2 Å². The molecule has 2 aliphatic heterocycles. The van der Waals surface area contributed by atoms with Crippen LogP contribution in [0.15, 0.2) is 35.8 Å². The van der Waals surface area contributed by atoms with Gasteiger partial charge in [0.25, 0.3) is 0 Å². The fourth-order valence-electron chi connectivity index (χ4n) is 4.81. The highest BCUT2D eigenvalue weighted by atomic mass is 32.1. The third-order valence-electron chi connectivity index (χ3n) is 5.94. The lowest BCUT2D eigenvalue weighted by Gasteiger charge is -2.48. The van der Waals surface area contributed by atoms with E-state index in [-0.39, 0.29) is 22.9 Å². The van der Waals surface area contributed by atoms with E-state index < -0.39 is 0 Å². The molecule has 3 aromatic rings. The second-order valence-corrected chi connectivity index (χ2v) is 9.05. The van der Waals surface area contributed by atoms with Crippen molar-refractivity contribution in [2.75, 3.05) is 11.9 Å². The van der Waals surface area contributed by atoms with E-state index in [2.05, 4.69) is 31.1 Å². The number of hydrogen-bond acceptors (Lipinski definition) is 4. The number of benzene rings is 1. The molecule has 1 N–H and O–H groups in total. The highest BCUT2D eigenvalue weighted by Crippen LogP contribution is 2.51. The number of hydrogen-bond donors (Lipinski definition) is 1. The minimum atomic E-state index is -0.233. The number of halogens is 1. The molecular formula is C21H21FN2OS. The number of anilines is 1. The predicted molar refractivity (Wildman–Crippen MR) is 104 cm³/mol. The lowest BCUT2D eigenvalue weighted by molar-refractivity contribution is 0.0352. The minimum absolute atomic E-state index is 0.0677. The molecule has 4 heterocycles. The maximum atomic E-state index is 15.1. The van der Waals surface area contributed by atoms with Crippen LogP contribution in [0.3, 0.4) is 0 Å². The van der Waals surface area contributed by atoms with Crippen molar-refractivity contribution in [2.24, 2.45) is 0 Å². The molecular weight excluding hydrogens is 347 g/mol. The Labute approximate surface area is 156 Å². The van der Waals surface area contributed by atoms with Crippen LogP contribution < -0.4 is 5.32 Å². The zero-order valence-corrected chi connectivity index (χ0v) is 15.9. The van der Waals surface area contributed by atoms with Crippen LogP contribution in [0.5, 0.6) is 0 Å². The second-order valence-electron chi connectivity index (χ2n) is 8.14. The van der Waals surface area contributed by atoms with Crippen molar-refractivity contribution < 1.29 is 9.13 Å². The van der Waals surface area contributed by atoms with E-state index in [1.165, 1.54) is 0 Å². The summed E-state index contributed by atoms with van der Waals surface area (Å²) in [5.41, 5.74) is 4.04. The number of nitrogens with one attached hydrogen (secondary N) is 1. The number of ether oxygens (including phenoxy) is 1. The predicted octanol–water partition coefficient (Wildman–Crippen LogP) is 5.35. The molecule has 3 nitrogen and oxygen atoms in total. The molecule has 0 spiro atoms. The van der Waals surface area contributed by atoms with E-state index in [9.17, 15) is 0 Å². The summed E-state index contributed by atoms with van der Waals surface area (Å²) in [5.74, 6) is -0.210. The van der Waals surface area contributed by atoms with E-state index in [1.54, 1.807) is 23.6 Å². The second kappa shape index (κ2) is 5.27. The first kappa shape index (κ1) is 16.2. The summed E-state index contributed by atoms with van der Waals surface area (Å²) in [4.78, 5) is 4.48. The average molecular weight is 368 g/mol. The molecule has 26 heavy (non-hydrogen) atoms. The Balaban J connectivity index is 1.74. The molecule has 134 valence electrons. The highest BCUT2D eigenvalue weighted by molar-refractivity contribution is 7.17. The van der Waals surface area contributed by atoms with Gasteiger partial charge in [0.2, 0.25) is 0 Å². The fraction of sp³-hybridized carbons (Fsp3) is 0.381. The number of fused-ring (bicyclic) bond motifs is 4. The molecule has 0 bridgehead atoms. The van der Waals surface area contributed by atoms with Crippen LogP contribution in [0.4, 0.5) is 10.1 Å². The Morgan fingerprint density at radius 2 is 2.12 bits per heavy atom. The lowest BCUT2D eigenvalue weighted by Crippen LogP contribution is -2.56. The van der Waals surface area contributed by atoms with Gasteiger partial charge in [0, 0.05) is 40.4 Å². The molecule has 0 aliphatic carbocycles. The van der Waals surface area contributed by atoms with Crippen LogP contribution in [-0.2, 0) is 10.2 Å². The van der Waals surface area contributed by atoms with Crippen molar-refractivity contribution in [3.8, 4) is 11.1 Å². The lowest BCUT2D eigenvalue weighted by atomic mass is 9.66. The average Bonchev–Trinajstić information content (AvgIpc) is 3.19. The summed E-state index contributed by atoms with van der Waals surface area (Å²) in [6.07, 6.45) is 2.78. The number of thiophene rings is 1. The number of rotatable bonds is 1. The van der Waals surface area contributed by atoms with E-state index in [0.717, 1.165) is 40.1 Å². The van der Waals surface area contributed by atoms with Gasteiger partial charge in [-0.25, -0.2) is 4.39 Å². The zero-order chi connectivity index (χ0) is 18.1. The van der Waals surface area contributed by atoms with Gasteiger partial charge in [0.05, 0.1) is 21.9 Å². The van der Waals surface area contributed by atoms with Crippen LogP contribution in [0.1, 0.15) is 32.8 Å². The summed E-state index contributed by atoms with van der Waals surface area (Å²) in [7, 11) is 0. The summed E-state index contributed by atoms with van der Waals surface area (Å²) >= 11 is 1.60. The summed E-state index contributed by atoms with van der Waals surface area (Å²) < 4.78 is 22.3. The molecule has 2 unspecified atom stereocenters. The summed E-state index contributed by atoms with van der Waals surface area (Å²) in [6, 6.07) is 7.61. The van der Waals surface area contributed by atoms with Crippen molar-refractivity contribution in [2.45, 2.75) is 44.2 Å². The fourth-order valence-corrected chi connectivity index (χ4v) is 5.72. The maximum absolute atomic E-state index is 15.1. The molecule has 0 saturated carbocycles. The van der Waals surface area contributed by atoms with Gasteiger partial charge in [0.15, 0.2) is 0 Å². The third-order valence-corrected chi connectivity index (χ3v) is 6.88. The van der Waals surface area contributed by atoms with Crippen LogP contribution >= 0.6 is 11.3 Å². The number of pyridine rings is 1. The van der Waals surface area contributed by atoms with Crippen molar-refractivity contribution in [3.05, 3.63) is 47.2 Å². The molecule has 0 radical (unpaired) electrons. The Kier molecular flexibility index (Phi) is 3.29. The SMILES string of the molecule is CC1(C)Nc2cc(F)c(-c3csc4cccnc34)cc2C2(C)CCOC12. The van der Waals surface area contributed by atoms with Gasteiger partial charge >= 0.3 is 0 Å². The summed E-state index contributed by atoms with van der Waals surface area (Å²) in [5, 5.41) is 5.51. The van der Waals surface area contributed by atoms with E-state index in [4.69, 9.17) is 4.74 Å². The van der Waals surface area contributed by atoms with E-state index in [0.29, 0.717) is 5.56 Å². The quantitative estimate of drug-likeness (QED) is 0.628. The zero-order valence-electron chi connectivity index (χ0n) is 15.1. The van der Waals surface area contributed by atoms with Gasteiger partial charge in [-0.15, -0.1) is 11.3 Å². The van der Waals surface area contributed by atoms with Crippen molar-refractivity contribution in [1.82, 2.24) is 4.98 Å². The molecule has 1 saturated heterocycles. The highest BCUT2D eigenvalue weighted by Gasteiger charge is 2.53. The molecule has 2 atom stereocenters. The van der Waals surface area contributed by atoms with Crippen LogP contribution in [0.25, 0.3) is 21.3 Å². The largest absolute Gasteiger partial charge is 0.377 e. The first-order chi connectivity index (χ1) is 12.4.